The molecule has 0 saturated heterocycles. The predicted octanol–water partition coefficient (Wildman–Crippen LogP) is 4.28. The molecule has 0 unspecified atom stereocenters. The minimum Gasteiger partial charge on any atom is -0.326 e. The SMILES string of the molecule is CCCC(=O)Nc1ccc(S(=O)(=O)NCC2(c3cccs3)CCCC2)cc1. The number of benzene rings is 1. The number of carbonyl (C=O) groups is 1. The summed E-state index contributed by atoms with van der Waals surface area (Å²) in [5.74, 6) is -0.0645. The number of hydrogen-bond acceptors (Lipinski definition) is 4. The van der Waals surface area contributed by atoms with Gasteiger partial charge in [-0.25, -0.2) is 13.1 Å². The van der Waals surface area contributed by atoms with Gasteiger partial charge < -0.3 is 5.32 Å². The second-order valence-corrected chi connectivity index (χ2v) is 9.83. The average Bonchev–Trinajstić information content (AvgIpc) is 3.33. The van der Waals surface area contributed by atoms with Gasteiger partial charge in [0.25, 0.3) is 0 Å². The molecule has 3 rings (SSSR count). The average molecular weight is 407 g/mol. The summed E-state index contributed by atoms with van der Waals surface area (Å²) in [4.78, 5) is 13.1. The van der Waals surface area contributed by atoms with E-state index in [9.17, 15) is 13.2 Å². The van der Waals surface area contributed by atoms with Crippen molar-refractivity contribution in [3.8, 4) is 0 Å². The van der Waals surface area contributed by atoms with Crippen LogP contribution in [-0.2, 0) is 20.2 Å². The first kappa shape index (κ1) is 20.0. The molecule has 27 heavy (non-hydrogen) atoms. The second-order valence-electron chi connectivity index (χ2n) is 7.11. The summed E-state index contributed by atoms with van der Waals surface area (Å²) in [5, 5.41) is 4.82. The molecular weight excluding hydrogens is 380 g/mol. The molecule has 0 spiro atoms. The molecule has 146 valence electrons. The third-order valence-corrected chi connectivity index (χ3v) is 7.66. The third-order valence-electron chi connectivity index (χ3n) is 5.13. The number of anilines is 1. The molecule has 0 radical (unpaired) electrons. The molecule has 1 aliphatic carbocycles. The van der Waals surface area contributed by atoms with Crippen LogP contribution in [0.5, 0.6) is 0 Å². The van der Waals surface area contributed by atoms with E-state index in [1.165, 1.54) is 17.0 Å². The van der Waals surface area contributed by atoms with E-state index in [4.69, 9.17) is 0 Å². The summed E-state index contributed by atoms with van der Waals surface area (Å²) in [6.45, 7) is 2.36. The molecule has 0 bridgehead atoms. The lowest BCUT2D eigenvalue weighted by atomic mass is 9.85. The normalized spacial score (nSPS) is 16.3. The first-order valence-corrected chi connectivity index (χ1v) is 11.7. The number of nitrogens with one attached hydrogen (secondary N) is 2. The lowest BCUT2D eigenvalue weighted by molar-refractivity contribution is -0.116. The van der Waals surface area contributed by atoms with Gasteiger partial charge in [-0.2, -0.15) is 0 Å². The fourth-order valence-corrected chi connectivity index (χ4v) is 5.74. The zero-order valence-corrected chi connectivity index (χ0v) is 17.2. The van der Waals surface area contributed by atoms with Crippen LogP contribution in [0.1, 0.15) is 50.3 Å². The quantitative estimate of drug-likeness (QED) is 0.687. The minimum absolute atomic E-state index is 0.0645. The van der Waals surface area contributed by atoms with E-state index < -0.39 is 10.0 Å². The van der Waals surface area contributed by atoms with Crippen molar-refractivity contribution in [3.05, 3.63) is 46.7 Å². The molecule has 7 heteroatoms. The molecule has 1 amide bonds. The number of sulfonamides is 1. The topological polar surface area (TPSA) is 75.3 Å². The molecule has 5 nitrogen and oxygen atoms in total. The van der Waals surface area contributed by atoms with Gasteiger partial charge >= 0.3 is 0 Å². The maximum absolute atomic E-state index is 12.7. The molecule has 2 aromatic rings. The number of amides is 1. The highest BCUT2D eigenvalue weighted by Crippen LogP contribution is 2.42. The van der Waals surface area contributed by atoms with Gasteiger partial charge in [0.15, 0.2) is 0 Å². The molecule has 2 N–H and O–H groups in total. The Morgan fingerprint density at radius 2 is 1.85 bits per heavy atom. The highest BCUT2D eigenvalue weighted by atomic mass is 32.2. The van der Waals surface area contributed by atoms with Crippen molar-refractivity contribution in [2.75, 3.05) is 11.9 Å². The third kappa shape index (κ3) is 4.78. The van der Waals surface area contributed by atoms with Crippen LogP contribution in [0.3, 0.4) is 0 Å². The fourth-order valence-electron chi connectivity index (χ4n) is 3.63. The number of thiophene rings is 1. The highest BCUT2D eigenvalue weighted by molar-refractivity contribution is 7.89. The summed E-state index contributed by atoms with van der Waals surface area (Å²) in [7, 11) is -3.59. The van der Waals surface area contributed by atoms with Crippen LogP contribution in [0, 0.1) is 0 Å². The van der Waals surface area contributed by atoms with E-state index in [1.807, 2.05) is 13.0 Å². The van der Waals surface area contributed by atoms with Crippen molar-refractivity contribution in [1.29, 1.82) is 0 Å². The Kier molecular flexibility index (Phi) is 6.34. The van der Waals surface area contributed by atoms with E-state index in [1.54, 1.807) is 23.5 Å². The van der Waals surface area contributed by atoms with E-state index >= 15 is 0 Å². The summed E-state index contributed by atoms with van der Waals surface area (Å²) >= 11 is 1.70. The molecule has 0 atom stereocenters. The number of carbonyl (C=O) groups excluding carboxylic acids is 1. The van der Waals surface area contributed by atoms with Crippen molar-refractivity contribution in [2.45, 2.75) is 55.8 Å². The zero-order valence-electron chi connectivity index (χ0n) is 15.5. The second kappa shape index (κ2) is 8.54. The Morgan fingerprint density at radius 1 is 1.15 bits per heavy atom. The summed E-state index contributed by atoms with van der Waals surface area (Å²) < 4.78 is 28.3. The largest absolute Gasteiger partial charge is 0.326 e. The van der Waals surface area contributed by atoms with Gasteiger partial charge in [0.2, 0.25) is 15.9 Å². The molecule has 1 saturated carbocycles. The smallest absolute Gasteiger partial charge is 0.240 e. The van der Waals surface area contributed by atoms with Crippen LogP contribution < -0.4 is 10.0 Å². The van der Waals surface area contributed by atoms with Crippen LogP contribution in [0.4, 0.5) is 5.69 Å². The Morgan fingerprint density at radius 3 is 2.44 bits per heavy atom. The summed E-state index contributed by atoms with van der Waals surface area (Å²) in [6.07, 6.45) is 5.51. The lowest BCUT2D eigenvalue weighted by Crippen LogP contribution is -2.38. The van der Waals surface area contributed by atoms with Crippen molar-refractivity contribution in [2.24, 2.45) is 0 Å². The van der Waals surface area contributed by atoms with Gasteiger partial charge in [-0.3, -0.25) is 4.79 Å². The molecule has 1 aliphatic rings. The minimum atomic E-state index is -3.59. The lowest BCUT2D eigenvalue weighted by Gasteiger charge is -2.28. The molecule has 1 aromatic carbocycles. The van der Waals surface area contributed by atoms with E-state index in [2.05, 4.69) is 21.5 Å². The Balaban J connectivity index is 1.68. The summed E-state index contributed by atoms with van der Waals surface area (Å²) in [6, 6.07) is 10.5. The Bertz CT molecular complexity index is 853. The monoisotopic (exact) mass is 406 g/mol. The van der Waals surface area contributed by atoms with Gasteiger partial charge in [-0.1, -0.05) is 25.8 Å². The van der Waals surface area contributed by atoms with Crippen molar-refractivity contribution < 1.29 is 13.2 Å². The van der Waals surface area contributed by atoms with Crippen LogP contribution in [-0.4, -0.2) is 20.9 Å². The molecule has 1 heterocycles. The van der Waals surface area contributed by atoms with Crippen molar-refractivity contribution in [1.82, 2.24) is 4.72 Å². The van der Waals surface area contributed by atoms with Crippen molar-refractivity contribution >= 4 is 33.0 Å². The maximum atomic E-state index is 12.7. The zero-order chi connectivity index (χ0) is 19.3. The molecule has 1 fully saturated rings. The highest BCUT2D eigenvalue weighted by Gasteiger charge is 2.37. The number of hydrogen-bond donors (Lipinski definition) is 2. The fraction of sp³-hybridized carbons (Fsp3) is 0.450. The molecule has 1 aromatic heterocycles. The standard InChI is InChI=1S/C20H26N2O3S2/c1-2-6-19(23)22-16-8-10-17(11-9-16)27(24,25)21-15-20(12-3-4-13-20)18-7-5-14-26-18/h5,7-11,14,21H,2-4,6,12-13,15H2,1H3,(H,22,23). The summed E-state index contributed by atoms with van der Waals surface area (Å²) in [5.41, 5.74) is 0.521. The van der Waals surface area contributed by atoms with Crippen LogP contribution in [0.15, 0.2) is 46.7 Å². The van der Waals surface area contributed by atoms with Gasteiger partial charge in [-0.15, -0.1) is 11.3 Å². The van der Waals surface area contributed by atoms with Gasteiger partial charge in [-0.05, 0) is 55.0 Å². The van der Waals surface area contributed by atoms with Crippen molar-refractivity contribution in [3.63, 3.8) is 0 Å². The number of rotatable bonds is 8. The Hall–Kier alpha value is -1.70. The van der Waals surface area contributed by atoms with E-state index in [0.29, 0.717) is 18.7 Å². The first-order valence-electron chi connectivity index (χ1n) is 9.39. The first-order chi connectivity index (χ1) is 13.0. The van der Waals surface area contributed by atoms with Gasteiger partial charge in [0, 0.05) is 28.9 Å². The van der Waals surface area contributed by atoms with E-state index in [-0.39, 0.29) is 16.2 Å². The van der Waals surface area contributed by atoms with Crippen LogP contribution >= 0.6 is 11.3 Å². The van der Waals surface area contributed by atoms with Gasteiger partial charge in [0.1, 0.15) is 0 Å². The van der Waals surface area contributed by atoms with Crippen LogP contribution in [0.2, 0.25) is 0 Å². The molecular formula is C20H26N2O3S2. The van der Waals surface area contributed by atoms with E-state index in [0.717, 1.165) is 32.1 Å². The maximum Gasteiger partial charge on any atom is 0.240 e. The van der Waals surface area contributed by atoms with Gasteiger partial charge in [0.05, 0.1) is 4.90 Å². The van der Waals surface area contributed by atoms with Crippen LogP contribution in [0.25, 0.3) is 0 Å². The Labute approximate surface area is 165 Å². The molecule has 0 aliphatic heterocycles. The predicted molar refractivity (Wildman–Crippen MR) is 110 cm³/mol.